The molecular formula is C41H64N6O6. The van der Waals surface area contributed by atoms with E-state index in [0.717, 1.165) is 5.56 Å². The molecule has 0 unspecified atom stereocenters. The Morgan fingerprint density at radius 1 is 0.906 bits per heavy atom. The Kier molecular flexibility index (Phi) is 14.3. The molecule has 5 N–H and O–H groups in total. The molecule has 1 aromatic rings. The molecular weight excluding hydrogens is 672 g/mol. The number of nitrogens with zero attached hydrogens (tertiary/aromatic N) is 2. The van der Waals surface area contributed by atoms with Gasteiger partial charge in [-0.05, 0) is 96.5 Å². The van der Waals surface area contributed by atoms with Gasteiger partial charge in [-0.3, -0.25) is 24.0 Å². The zero-order valence-electron chi connectivity index (χ0n) is 33.1. The van der Waals surface area contributed by atoms with Crippen LogP contribution >= 0.6 is 0 Å². The first-order valence-electron chi connectivity index (χ1n) is 19.6. The van der Waals surface area contributed by atoms with E-state index < -0.39 is 47.1 Å². The summed E-state index contributed by atoms with van der Waals surface area (Å²) in [4.78, 5) is 70.8. The summed E-state index contributed by atoms with van der Waals surface area (Å²) in [7, 11) is 0. The Morgan fingerprint density at radius 3 is 2.19 bits per heavy atom. The number of carbonyl (C=O) groups excluding carboxylic acids is 5. The number of hydroxylamine groups is 2. The van der Waals surface area contributed by atoms with Gasteiger partial charge in [-0.1, -0.05) is 70.2 Å². The predicted molar refractivity (Wildman–Crippen MR) is 204 cm³/mol. The lowest BCUT2D eigenvalue weighted by molar-refractivity contribution is -0.249. The van der Waals surface area contributed by atoms with Crippen LogP contribution in [-0.4, -0.2) is 93.0 Å². The second-order valence-electron chi connectivity index (χ2n) is 17.4. The van der Waals surface area contributed by atoms with Crippen LogP contribution in [0, 0.1) is 23.7 Å². The molecule has 294 valence electrons. The summed E-state index contributed by atoms with van der Waals surface area (Å²) in [5, 5.41) is 24.0. The molecule has 12 nitrogen and oxygen atoms in total. The van der Waals surface area contributed by atoms with Gasteiger partial charge in [-0.2, -0.15) is 5.06 Å². The first-order valence-corrected chi connectivity index (χ1v) is 19.6. The normalized spacial score (nSPS) is 28.1. The summed E-state index contributed by atoms with van der Waals surface area (Å²) in [6, 6.07) is 6.82. The SMILES string of the molecule is CC(C)C[C@H]1/C=C/[C@H](Cc2ccccc2)C(=O)N2CCC[C@H]2C(=O)N[C@@H](C(C)C)C(=O)N[C@@H](CCCNC(=O)C2CC(C)(C)N(O)C(C)(C)C2)C(=O)N1. The highest BCUT2D eigenvalue weighted by molar-refractivity contribution is 5.95. The van der Waals surface area contributed by atoms with E-state index in [1.54, 1.807) is 4.90 Å². The lowest BCUT2D eigenvalue weighted by Crippen LogP contribution is -2.60. The third kappa shape index (κ3) is 11.1. The highest BCUT2D eigenvalue weighted by atomic mass is 16.5. The van der Waals surface area contributed by atoms with Crippen LogP contribution in [0.3, 0.4) is 0 Å². The third-order valence-electron chi connectivity index (χ3n) is 10.9. The van der Waals surface area contributed by atoms with E-state index in [4.69, 9.17) is 0 Å². The van der Waals surface area contributed by atoms with E-state index in [9.17, 15) is 29.2 Å². The van der Waals surface area contributed by atoms with E-state index in [1.165, 1.54) is 5.06 Å². The van der Waals surface area contributed by atoms with Crippen LogP contribution in [0.5, 0.6) is 0 Å². The van der Waals surface area contributed by atoms with Crippen molar-refractivity contribution >= 4 is 29.5 Å². The van der Waals surface area contributed by atoms with Gasteiger partial charge in [0, 0.05) is 36.1 Å². The maximum absolute atomic E-state index is 14.2. The van der Waals surface area contributed by atoms with Crippen LogP contribution in [0.25, 0.3) is 0 Å². The first-order chi connectivity index (χ1) is 24.9. The van der Waals surface area contributed by atoms with E-state index in [1.807, 2.05) is 84.0 Å². The largest absolute Gasteiger partial charge is 0.356 e. The van der Waals surface area contributed by atoms with Crippen molar-refractivity contribution in [2.24, 2.45) is 23.7 Å². The van der Waals surface area contributed by atoms with Gasteiger partial charge < -0.3 is 31.4 Å². The van der Waals surface area contributed by atoms with Crippen molar-refractivity contribution in [2.75, 3.05) is 13.1 Å². The van der Waals surface area contributed by atoms with Gasteiger partial charge in [0.1, 0.15) is 18.1 Å². The number of piperidine rings is 1. The van der Waals surface area contributed by atoms with E-state index in [0.29, 0.717) is 58.0 Å². The minimum Gasteiger partial charge on any atom is -0.356 e. The average molecular weight is 737 g/mol. The molecule has 5 atom stereocenters. The van der Waals surface area contributed by atoms with Gasteiger partial charge in [-0.15, -0.1) is 0 Å². The van der Waals surface area contributed by atoms with Gasteiger partial charge in [0.25, 0.3) is 0 Å². The fourth-order valence-corrected chi connectivity index (χ4v) is 8.30. The minimum absolute atomic E-state index is 0.0971. The van der Waals surface area contributed by atoms with Crippen molar-refractivity contribution in [2.45, 2.75) is 142 Å². The molecule has 3 aliphatic rings. The molecule has 3 aliphatic heterocycles. The smallest absolute Gasteiger partial charge is 0.243 e. The van der Waals surface area contributed by atoms with Gasteiger partial charge in [0.05, 0.1) is 5.92 Å². The molecule has 4 rings (SSSR count). The third-order valence-corrected chi connectivity index (χ3v) is 10.9. The number of rotatable bonds is 10. The molecule has 3 heterocycles. The predicted octanol–water partition coefficient (Wildman–Crippen LogP) is 4.12. The number of amides is 5. The molecule has 0 bridgehead atoms. The molecule has 1 aromatic carbocycles. The molecule has 2 saturated heterocycles. The van der Waals surface area contributed by atoms with E-state index in [2.05, 4.69) is 35.1 Å². The Labute approximate surface area is 316 Å². The van der Waals surface area contributed by atoms with Crippen LogP contribution in [0.15, 0.2) is 42.5 Å². The number of hydrogen-bond acceptors (Lipinski definition) is 7. The van der Waals surface area contributed by atoms with Crippen molar-refractivity contribution in [3.05, 3.63) is 48.0 Å². The topological polar surface area (TPSA) is 160 Å². The van der Waals surface area contributed by atoms with E-state index in [-0.39, 0.29) is 47.8 Å². The van der Waals surface area contributed by atoms with Crippen molar-refractivity contribution < 1.29 is 29.2 Å². The Hall–Kier alpha value is -3.77. The van der Waals surface area contributed by atoms with Crippen LogP contribution in [0.2, 0.25) is 0 Å². The van der Waals surface area contributed by atoms with Gasteiger partial charge >= 0.3 is 0 Å². The van der Waals surface area contributed by atoms with Crippen molar-refractivity contribution in [1.82, 2.24) is 31.2 Å². The second kappa shape index (κ2) is 18.0. The van der Waals surface area contributed by atoms with Crippen molar-refractivity contribution in [3.63, 3.8) is 0 Å². The van der Waals surface area contributed by atoms with Gasteiger partial charge in [0.15, 0.2) is 0 Å². The molecule has 0 aliphatic carbocycles. The van der Waals surface area contributed by atoms with Crippen molar-refractivity contribution in [1.29, 1.82) is 0 Å². The Balaban J connectivity index is 1.57. The molecule has 0 aromatic heterocycles. The zero-order chi connectivity index (χ0) is 39.1. The highest BCUT2D eigenvalue weighted by Gasteiger charge is 2.47. The minimum atomic E-state index is -0.925. The Bertz CT molecular complexity index is 1460. The number of hydrogen-bond donors (Lipinski definition) is 5. The van der Waals surface area contributed by atoms with E-state index >= 15 is 0 Å². The fraction of sp³-hybridized carbons (Fsp3) is 0.683. The molecule has 12 heteroatoms. The first kappa shape index (κ1) is 42.0. The molecule has 53 heavy (non-hydrogen) atoms. The number of fused-ring (bicyclic) bond motifs is 1. The summed E-state index contributed by atoms with van der Waals surface area (Å²) < 4.78 is 0. The summed E-state index contributed by atoms with van der Waals surface area (Å²) in [6.07, 6.45) is 7.70. The van der Waals surface area contributed by atoms with Crippen molar-refractivity contribution in [3.8, 4) is 0 Å². The standard InChI is InChI=1S/C41H64N6O6/c1-26(2)22-31-19-18-29(23-28-14-10-9-11-15-28)39(52)46-21-13-17-33(46)37(50)45-34(27(3)4)38(51)44-32(36(49)43-31)16-12-20-42-35(48)30-24-40(5,6)47(53)41(7,8)25-30/h9-11,14-15,18-19,26-27,29-34,53H,12-13,16-17,20-25H2,1-8H3,(H,42,48)(H,43,49)(H,44,51)(H,45,50)/b19-18+/t29-,31-,32+,33+,34+/m1/s1. The maximum Gasteiger partial charge on any atom is 0.243 e. The quantitative estimate of drug-likeness (QED) is 0.179. The summed E-state index contributed by atoms with van der Waals surface area (Å²) >= 11 is 0. The van der Waals surface area contributed by atoms with Crippen LogP contribution in [-0.2, 0) is 30.4 Å². The second-order valence-corrected chi connectivity index (χ2v) is 17.4. The molecule has 0 radical (unpaired) electrons. The van der Waals surface area contributed by atoms with Crippen LogP contribution < -0.4 is 21.3 Å². The molecule has 0 spiro atoms. The molecule has 0 saturated carbocycles. The Morgan fingerprint density at radius 2 is 1.57 bits per heavy atom. The molecule has 2 fully saturated rings. The average Bonchev–Trinajstić information content (AvgIpc) is 3.58. The van der Waals surface area contributed by atoms with Crippen LogP contribution in [0.4, 0.5) is 0 Å². The number of benzene rings is 1. The summed E-state index contributed by atoms with van der Waals surface area (Å²) in [5.74, 6) is -2.35. The number of carbonyl (C=O) groups is 5. The monoisotopic (exact) mass is 736 g/mol. The van der Waals surface area contributed by atoms with Gasteiger partial charge in [0.2, 0.25) is 29.5 Å². The zero-order valence-corrected chi connectivity index (χ0v) is 33.1. The van der Waals surface area contributed by atoms with Gasteiger partial charge in [-0.25, -0.2) is 0 Å². The maximum atomic E-state index is 14.2. The fourth-order valence-electron chi connectivity index (χ4n) is 8.30. The number of nitrogens with one attached hydrogen (secondary N) is 4. The lowest BCUT2D eigenvalue weighted by atomic mass is 9.75. The lowest BCUT2D eigenvalue weighted by Gasteiger charge is -2.51. The highest BCUT2D eigenvalue weighted by Crippen LogP contribution is 2.40. The summed E-state index contributed by atoms with van der Waals surface area (Å²) in [5.41, 5.74) is -0.137. The summed E-state index contributed by atoms with van der Waals surface area (Å²) in [6.45, 7) is 16.2. The van der Waals surface area contributed by atoms with Crippen LogP contribution in [0.1, 0.15) is 106 Å². The molecule has 5 amide bonds.